The number of nitrogens with one attached hydrogen (secondary N) is 1. The van der Waals surface area contributed by atoms with Crippen molar-refractivity contribution in [2.75, 3.05) is 11.1 Å². The molecule has 18 heavy (non-hydrogen) atoms. The van der Waals surface area contributed by atoms with Crippen LogP contribution in [0.15, 0.2) is 36.4 Å². The summed E-state index contributed by atoms with van der Waals surface area (Å²) in [7, 11) is 0. The summed E-state index contributed by atoms with van der Waals surface area (Å²) in [6.07, 6.45) is 0.932. The van der Waals surface area contributed by atoms with Crippen molar-refractivity contribution in [1.29, 1.82) is 0 Å². The van der Waals surface area contributed by atoms with Gasteiger partial charge in [-0.15, -0.1) is 0 Å². The standard InChI is InChI=1S/C15H17FN2/c1-3-11-6-4-5-10(2)15(11)18-12-7-8-14(17)13(16)9-12/h4-9,18H,3,17H2,1-2H3. The van der Waals surface area contributed by atoms with E-state index in [1.165, 1.54) is 11.6 Å². The van der Waals surface area contributed by atoms with Gasteiger partial charge in [0.2, 0.25) is 0 Å². The maximum absolute atomic E-state index is 13.4. The number of hydrogen-bond acceptors (Lipinski definition) is 2. The van der Waals surface area contributed by atoms with Gasteiger partial charge in [0.05, 0.1) is 5.69 Å². The molecule has 0 aromatic heterocycles. The molecule has 3 heteroatoms. The Bertz CT molecular complexity index is 564. The largest absolute Gasteiger partial charge is 0.396 e. The highest BCUT2D eigenvalue weighted by Gasteiger charge is 2.06. The second-order valence-electron chi connectivity index (χ2n) is 4.32. The molecule has 3 N–H and O–H groups in total. The average molecular weight is 244 g/mol. The van der Waals surface area contributed by atoms with Crippen molar-refractivity contribution in [2.45, 2.75) is 20.3 Å². The third-order valence-electron chi connectivity index (χ3n) is 3.01. The van der Waals surface area contributed by atoms with Gasteiger partial charge in [0.15, 0.2) is 0 Å². The molecule has 0 radical (unpaired) electrons. The summed E-state index contributed by atoms with van der Waals surface area (Å²) in [6, 6.07) is 10.9. The van der Waals surface area contributed by atoms with E-state index in [2.05, 4.69) is 18.3 Å². The Labute approximate surface area is 107 Å². The molecular formula is C15H17FN2. The molecule has 94 valence electrons. The zero-order chi connectivity index (χ0) is 13.1. The van der Waals surface area contributed by atoms with Gasteiger partial charge in [-0.1, -0.05) is 25.1 Å². The summed E-state index contributed by atoms with van der Waals surface area (Å²) < 4.78 is 13.4. The van der Waals surface area contributed by atoms with Gasteiger partial charge in [0, 0.05) is 11.4 Å². The first-order valence-electron chi connectivity index (χ1n) is 6.02. The summed E-state index contributed by atoms with van der Waals surface area (Å²) >= 11 is 0. The van der Waals surface area contributed by atoms with Crippen LogP contribution in [0.2, 0.25) is 0 Å². The molecule has 0 bridgehead atoms. The van der Waals surface area contributed by atoms with Crippen LogP contribution in [-0.2, 0) is 6.42 Å². The first kappa shape index (κ1) is 12.4. The Hall–Kier alpha value is -2.03. The molecule has 0 amide bonds. The molecule has 0 aliphatic heterocycles. The van der Waals surface area contributed by atoms with Crippen LogP contribution in [0.3, 0.4) is 0 Å². The van der Waals surface area contributed by atoms with E-state index in [4.69, 9.17) is 5.73 Å². The number of aryl methyl sites for hydroxylation is 2. The Kier molecular flexibility index (Phi) is 3.51. The molecular weight excluding hydrogens is 227 g/mol. The lowest BCUT2D eigenvalue weighted by Crippen LogP contribution is -1.99. The first-order valence-corrected chi connectivity index (χ1v) is 6.02. The number of hydrogen-bond donors (Lipinski definition) is 2. The van der Waals surface area contributed by atoms with Gasteiger partial charge in [0.1, 0.15) is 5.82 Å². The highest BCUT2D eigenvalue weighted by Crippen LogP contribution is 2.26. The minimum Gasteiger partial charge on any atom is -0.396 e. The van der Waals surface area contributed by atoms with Crippen LogP contribution in [0.1, 0.15) is 18.1 Å². The number of nitrogen functional groups attached to an aromatic ring is 1. The van der Waals surface area contributed by atoms with Crippen LogP contribution in [0.4, 0.5) is 21.5 Å². The molecule has 2 nitrogen and oxygen atoms in total. The SMILES string of the molecule is CCc1cccc(C)c1Nc1ccc(N)c(F)c1. The molecule has 2 aromatic carbocycles. The molecule has 0 atom stereocenters. The Balaban J connectivity index is 2.36. The zero-order valence-corrected chi connectivity index (χ0v) is 10.6. The van der Waals surface area contributed by atoms with Crippen molar-refractivity contribution in [1.82, 2.24) is 0 Å². The monoisotopic (exact) mass is 244 g/mol. The van der Waals surface area contributed by atoms with Gasteiger partial charge in [-0.2, -0.15) is 0 Å². The topological polar surface area (TPSA) is 38.0 Å². The van der Waals surface area contributed by atoms with Crippen LogP contribution in [0.5, 0.6) is 0 Å². The number of nitrogens with two attached hydrogens (primary N) is 1. The smallest absolute Gasteiger partial charge is 0.148 e. The van der Waals surface area contributed by atoms with E-state index in [9.17, 15) is 4.39 Å². The molecule has 0 saturated carbocycles. The first-order chi connectivity index (χ1) is 8.61. The number of halogens is 1. The lowest BCUT2D eigenvalue weighted by Gasteiger charge is -2.14. The quantitative estimate of drug-likeness (QED) is 0.800. The fourth-order valence-corrected chi connectivity index (χ4v) is 1.95. The highest BCUT2D eigenvalue weighted by atomic mass is 19.1. The number of rotatable bonds is 3. The van der Waals surface area contributed by atoms with Gasteiger partial charge >= 0.3 is 0 Å². The maximum atomic E-state index is 13.4. The highest BCUT2D eigenvalue weighted by molar-refractivity contribution is 5.68. The maximum Gasteiger partial charge on any atom is 0.148 e. The molecule has 0 aliphatic carbocycles. The summed E-state index contributed by atoms with van der Waals surface area (Å²) in [5.74, 6) is -0.397. The Morgan fingerprint density at radius 2 is 2.00 bits per heavy atom. The van der Waals surface area contributed by atoms with Crippen LogP contribution in [0.25, 0.3) is 0 Å². The van der Waals surface area contributed by atoms with Crippen molar-refractivity contribution in [3.63, 3.8) is 0 Å². The molecule has 0 fully saturated rings. The lowest BCUT2D eigenvalue weighted by atomic mass is 10.1. The summed E-state index contributed by atoms with van der Waals surface area (Å²) in [5.41, 5.74) is 9.75. The Morgan fingerprint density at radius 3 is 2.67 bits per heavy atom. The fraction of sp³-hybridized carbons (Fsp3) is 0.200. The predicted molar refractivity (Wildman–Crippen MR) is 74.7 cm³/mol. The minimum atomic E-state index is -0.397. The van der Waals surface area contributed by atoms with Gasteiger partial charge in [-0.3, -0.25) is 0 Å². The van der Waals surface area contributed by atoms with E-state index in [1.54, 1.807) is 12.1 Å². The van der Waals surface area contributed by atoms with Crippen molar-refractivity contribution in [3.05, 3.63) is 53.3 Å². The van der Waals surface area contributed by atoms with Gasteiger partial charge in [0.25, 0.3) is 0 Å². The van der Waals surface area contributed by atoms with E-state index >= 15 is 0 Å². The van der Waals surface area contributed by atoms with E-state index in [0.717, 1.165) is 17.7 Å². The van der Waals surface area contributed by atoms with Crippen molar-refractivity contribution >= 4 is 17.1 Å². The van der Waals surface area contributed by atoms with E-state index in [1.807, 2.05) is 19.1 Å². The Morgan fingerprint density at radius 1 is 1.22 bits per heavy atom. The summed E-state index contributed by atoms with van der Waals surface area (Å²) in [6.45, 7) is 4.14. The number of anilines is 3. The normalized spacial score (nSPS) is 10.4. The molecule has 2 aromatic rings. The van der Waals surface area contributed by atoms with Crippen LogP contribution < -0.4 is 11.1 Å². The van der Waals surface area contributed by atoms with Crippen molar-refractivity contribution in [3.8, 4) is 0 Å². The molecule has 0 saturated heterocycles. The third-order valence-corrected chi connectivity index (χ3v) is 3.01. The van der Waals surface area contributed by atoms with Crippen LogP contribution in [-0.4, -0.2) is 0 Å². The second-order valence-corrected chi connectivity index (χ2v) is 4.32. The molecule has 2 rings (SSSR count). The zero-order valence-electron chi connectivity index (χ0n) is 10.6. The van der Waals surface area contributed by atoms with Crippen LogP contribution >= 0.6 is 0 Å². The number of para-hydroxylation sites is 1. The average Bonchev–Trinajstić information content (AvgIpc) is 2.36. The predicted octanol–water partition coefficient (Wildman–Crippen LogP) is 4.02. The van der Waals surface area contributed by atoms with E-state index in [0.29, 0.717) is 5.69 Å². The lowest BCUT2D eigenvalue weighted by molar-refractivity contribution is 0.633. The van der Waals surface area contributed by atoms with E-state index < -0.39 is 5.82 Å². The summed E-state index contributed by atoms with van der Waals surface area (Å²) in [5, 5.41) is 3.26. The van der Waals surface area contributed by atoms with Crippen molar-refractivity contribution < 1.29 is 4.39 Å². The van der Waals surface area contributed by atoms with Gasteiger partial charge < -0.3 is 11.1 Å². The third kappa shape index (κ3) is 2.45. The molecule has 0 heterocycles. The van der Waals surface area contributed by atoms with Crippen molar-refractivity contribution in [2.24, 2.45) is 0 Å². The molecule has 0 aliphatic rings. The number of benzene rings is 2. The molecule has 0 spiro atoms. The van der Waals surface area contributed by atoms with E-state index in [-0.39, 0.29) is 5.69 Å². The molecule has 0 unspecified atom stereocenters. The minimum absolute atomic E-state index is 0.168. The van der Waals surface area contributed by atoms with Crippen LogP contribution in [0, 0.1) is 12.7 Å². The second kappa shape index (κ2) is 5.08. The summed E-state index contributed by atoms with van der Waals surface area (Å²) in [4.78, 5) is 0. The van der Waals surface area contributed by atoms with Gasteiger partial charge in [-0.05, 0) is 42.7 Å². The van der Waals surface area contributed by atoms with Gasteiger partial charge in [-0.25, -0.2) is 4.39 Å². The fourth-order valence-electron chi connectivity index (χ4n) is 1.95.